The quantitative estimate of drug-likeness (QED) is 0.890. The van der Waals surface area contributed by atoms with Gasteiger partial charge in [0.2, 0.25) is 5.91 Å². The second kappa shape index (κ2) is 6.51. The van der Waals surface area contributed by atoms with Crippen molar-refractivity contribution >= 4 is 5.91 Å². The van der Waals surface area contributed by atoms with Crippen LogP contribution in [0.4, 0.5) is 0 Å². The molecule has 3 nitrogen and oxygen atoms in total. The Morgan fingerprint density at radius 2 is 1.83 bits per heavy atom. The third-order valence-electron chi connectivity index (χ3n) is 6.82. The normalized spacial score (nSPS) is 38.2. The molecule has 0 aromatic heterocycles. The van der Waals surface area contributed by atoms with E-state index in [1.165, 1.54) is 24.8 Å². The van der Waals surface area contributed by atoms with Crippen LogP contribution in [0.1, 0.15) is 56.9 Å². The Labute approximate surface area is 144 Å². The van der Waals surface area contributed by atoms with E-state index in [2.05, 4.69) is 29.6 Å². The van der Waals surface area contributed by atoms with Crippen molar-refractivity contribution in [1.82, 2.24) is 5.32 Å². The van der Waals surface area contributed by atoms with Gasteiger partial charge in [0, 0.05) is 6.04 Å². The zero-order valence-corrected chi connectivity index (χ0v) is 14.4. The fraction of sp³-hybridized carbons (Fsp3) is 0.667. The van der Waals surface area contributed by atoms with Gasteiger partial charge in [-0.25, -0.2) is 0 Å². The molecule has 24 heavy (non-hydrogen) atoms. The minimum atomic E-state index is -0.194. The van der Waals surface area contributed by atoms with Crippen LogP contribution in [0.2, 0.25) is 0 Å². The van der Waals surface area contributed by atoms with E-state index in [4.69, 9.17) is 0 Å². The number of aliphatic hydroxyl groups excluding tert-OH is 1. The van der Waals surface area contributed by atoms with Gasteiger partial charge in [-0.15, -0.1) is 0 Å². The molecule has 0 unspecified atom stereocenters. The van der Waals surface area contributed by atoms with Gasteiger partial charge >= 0.3 is 0 Å². The van der Waals surface area contributed by atoms with Crippen molar-refractivity contribution in [3.05, 3.63) is 35.9 Å². The van der Waals surface area contributed by atoms with Gasteiger partial charge in [-0.05, 0) is 68.8 Å². The van der Waals surface area contributed by atoms with Crippen molar-refractivity contribution in [3.8, 4) is 0 Å². The first-order valence-electron chi connectivity index (χ1n) is 9.69. The molecule has 130 valence electrons. The first kappa shape index (κ1) is 16.1. The average Bonchev–Trinajstić information content (AvgIpc) is 3.19. The first-order valence-corrected chi connectivity index (χ1v) is 9.69. The molecule has 2 bridgehead atoms. The molecule has 1 aromatic carbocycles. The van der Waals surface area contributed by atoms with Crippen molar-refractivity contribution < 1.29 is 9.90 Å². The number of rotatable bonds is 4. The Balaban J connectivity index is 1.51. The van der Waals surface area contributed by atoms with Gasteiger partial charge in [-0.1, -0.05) is 36.8 Å². The van der Waals surface area contributed by atoms with E-state index in [1.54, 1.807) is 0 Å². The van der Waals surface area contributed by atoms with Gasteiger partial charge in [0.05, 0.1) is 11.5 Å². The van der Waals surface area contributed by atoms with Crippen LogP contribution in [-0.2, 0) is 11.2 Å². The molecule has 0 radical (unpaired) electrons. The molecule has 1 amide bonds. The molecule has 3 fully saturated rings. The number of hydrogen-bond acceptors (Lipinski definition) is 2. The van der Waals surface area contributed by atoms with E-state index >= 15 is 0 Å². The van der Waals surface area contributed by atoms with Crippen molar-refractivity contribution in [3.63, 3.8) is 0 Å². The molecule has 0 saturated heterocycles. The van der Waals surface area contributed by atoms with Crippen molar-refractivity contribution in [2.45, 2.75) is 69.9 Å². The minimum absolute atomic E-state index is 0.168. The molecule has 3 aliphatic carbocycles. The predicted molar refractivity (Wildman–Crippen MR) is 94.4 cm³/mol. The van der Waals surface area contributed by atoms with Crippen LogP contribution in [0.25, 0.3) is 0 Å². The predicted octanol–water partition coefficient (Wildman–Crippen LogP) is 3.46. The lowest BCUT2D eigenvalue weighted by atomic mass is 9.68. The summed E-state index contributed by atoms with van der Waals surface area (Å²) in [6, 6.07) is 10.8. The van der Waals surface area contributed by atoms with Crippen LogP contribution in [0, 0.1) is 17.3 Å². The van der Waals surface area contributed by atoms with Gasteiger partial charge in [-0.2, -0.15) is 0 Å². The number of fused-ring (bicyclic) bond motifs is 2. The second-order valence-corrected chi connectivity index (χ2v) is 8.38. The van der Waals surface area contributed by atoms with Crippen LogP contribution < -0.4 is 5.32 Å². The largest absolute Gasteiger partial charge is 0.393 e. The zero-order chi connectivity index (χ0) is 16.6. The highest BCUT2D eigenvalue weighted by atomic mass is 16.3. The number of amides is 1. The molecule has 4 rings (SSSR count). The second-order valence-electron chi connectivity index (χ2n) is 8.38. The summed E-state index contributed by atoms with van der Waals surface area (Å²) in [6.45, 7) is 0. The van der Waals surface area contributed by atoms with E-state index < -0.39 is 0 Å². The number of aliphatic hydroxyl groups is 1. The lowest BCUT2D eigenvalue weighted by Crippen LogP contribution is -2.50. The molecule has 3 saturated carbocycles. The third-order valence-corrected chi connectivity index (χ3v) is 6.82. The molecular formula is C21H29NO2. The molecular weight excluding hydrogens is 298 g/mol. The topological polar surface area (TPSA) is 49.3 Å². The highest BCUT2D eigenvalue weighted by Crippen LogP contribution is 2.57. The molecule has 2 N–H and O–H groups in total. The van der Waals surface area contributed by atoms with Gasteiger partial charge in [0.1, 0.15) is 0 Å². The lowest BCUT2D eigenvalue weighted by molar-refractivity contribution is -0.135. The minimum Gasteiger partial charge on any atom is -0.393 e. The number of hydrogen-bond donors (Lipinski definition) is 2. The van der Waals surface area contributed by atoms with Gasteiger partial charge in [0.15, 0.2) is 0 Å². The maximum Gasteiger partial charge on any atom is 0.227 e. The zero-order valence-electron chi connectivity index (χ0n) is 14.4. The monoisotopic (exact) mass is 327 g/mol. The molecule has 3 aliphatic rings. The third kappa shape index (κ3) is 2.99. The van der Waals surface area contributed by atoms with Crippen LogP contribution in [-0.4, -0.2) is 23.2 Å². The molecule has 0 spiro atoms. The van der Waals surface area contributed by atoms with Gasteiger partial charge < -0.3 is 10.4 Å². The smallest absolute Gasteiger partial charge is 0.227 e. The maximum absolute atomic E-state index is 13.3. The van der Waals surface area contributed by atoms with Crippen molar-refractivity contribution in [1.29, 1.82) is 0 Å². The first-order chi connectivity index (χ1) is 11.7. The Bertz CT molecular complexity index is 579. The summed E-state index contributed by atoms with van der Waals surface area (Å²) in [5.74, 6) is 1.59. The molecule has 3 heteroatoms. The maximum atomic E-state index is 13.3. The van der Waals surface area contributed by atoms with E-state index in [-0.39, 0.29) is 17.6 Å². The van der Waals surface area contributed by atoms with E-state index in [9.17, 15) is 9.90 Å². The molecule has 0 aliphatic heterocycles. The van der Waals surface area contributed by atoms with E-state index in [0.29, 0.717) is 11.8 Å². The Morgan fingerprint density at radius 1 is 1.08 bits per heavy atom. The number of carbonyl (C=O) groups is 1. The number of nitrogens with one attached hydrogen (secondary N) is 1. The molecule has 0 heterocycles. The summed E-state index contributed by atoms with van der Waals surface area (Å²) in [5.41, 5.74) is 1.10. The Morgan fingerprint density at radius 3 is 2.46 bits per heavy atom. The van der Waals surface area contributed by atoms with E-state index in [0.717, 1.165) is 44.4 Å². The van der Waals surface area contributed by atoms with Crippen LogP contribution in [0.15, 0.2) is 30.3 Å². The summed E-state index contributed by atoms with van der Waals surface area (Å²) >= 11 is 0. The SMILES string of the molecule is O=C(NC1CCC(O)CC1)[C@]1(Cc2ccccc2)C[C@H]2CC[C@H]1C2. The highest BCUT2D eigenvalue weighted by molar-refractivity contribution is 5.84. The Kier molecular flexibility index (Phi) is 4.38. The summed E-state index contributed by atoms with van der Waals surface area (Å²) in [5, 5.41) is 13.1. The van der Waals surface area contributed by atoms with Gasteiger partial charge in [-0.3, -0.25) is 4.79 Å². The fourth-order valence-corrected chi connectivity index (χ4v) is 5.53. The van der Waals surface area contributed by atoms with E-state index in [1.807, 2.05) is 6.07 Å². The number of carbonyl (C=O) groups excluding carboxylic acids is 1. The highest BCUT2D eigenvalue weighted by Gasteiger charge is 2.55. The summed E-state index contributed by atoms with van der Waals surface area (Å²) < 4.78 is 0. The van der Waals surface area contributed by atoms with Crippen LogP contribution >= 0.6 is 0 Å². The van der Waals surface area contributed by atoms with Gasteiger partial charge in [0.25, 0.3) is 0 Å². The van der Waals surface area contributed by atoms with Crippen molar-refractivity contribution in [2.75, 3.05) is 0 Å². The van der Waals surface area contributed by atoms with Crippen LogP contribution in [0.3, 0.4) is 0 Å². The number of benzene rings is 1. The summed E-state index contributed by atoms with van der Waals surface area (Å²) in [7, 11) is 0. The van der Waals surface area contributed by atoms with Crippen molar-refractivity contribution in [2.24, 2.45) is 17.3 Å². The standard InChI is InChI=1S/C21H29NO2/c23-19-10-8-18(9-11-19)22-20(24)21(13-15-4-2-1-3-5-15)14-16-6-7-17(21)12-16/h1-5,16-19,23H,6-14H2,(H,22,24)/t16-,17-,18?,19?,21+/m0/s1. The average molecular weight is 327 g/mol. The molecule has 1 aromatic rings. The van der Waals surface area contributed by atoms with Crippen LogP contribution in [0.5, 0.6) is 0 Å². The Hall–Kier alpha value is -1.35. The summed E-state index contributed by atoms with van der Waals surface area (Å²) in [4.78, 5) is 13.3. The molecule has 3 atom stereocenters. The fourth-order valence-electron chi connectivity index (χ4n) is 5.53. The summed E-state index contributed by atoms with van der Waals surface area (Å²) in [6.07, 6.45) is 9.03. The lowest BCUT2D eigenvalue weighted by Gasteiger charge is -2.38.